The largest absolute Gasteiger partial charge is 0.388 e. The number of rotatable bonds is 9. The number of carbonyl (C=O) groups excluding carboxylic acids is 1. The van der Waals surface area contributed by atoms with Gasteiger partial charge >= 0.3 is 0 Å². The molecule has 0 spiro atoms. The third kappa shape index (κ3) is 6.18. The van der Waals surface area contributed by atoms with Crippen molar-refractivity contribution in [3.05, 3.63) is 76.8 Å². The molecule has 0 bridgehead atoms. The summed E-state index contributed by atoms with van der Waals surface area (Å²) in [6.45, 7) is 0. The molecule has 0 unspecified atom stereocenters. The van der Waals surface area contributed by atoms with Crippen molar-refractivity contribution >= 4 is 28.1 Å². The maximum absolute atomic E-state index is 12.2. The van der Waals surface area contributed by atoms with Gasteiger partial charge in [-0.05, 0) is 42.5 Å². The number of amides is 1. The molecule has 146 valence electrons. The van der Waals surface area contributed by atoms with Gasteiger partial charge < -0.3 is 16.2 Å². The predicted octanol–water partition coefficient (Wildman–Crippen LogP) is 4.35. The van der Waals surface area contributed by atoms with E-state index in [9.17, 15) is 9.90 Å². The molecule has 0 aliphatic heterocycles. The summed E-state index contributed by atoms with van der Waals surface area (Å²) in [6, 6.07) is 15.1. The fourth-order valence-corrected chi connectivity index (χ4v) is 3.15. The molecule has 0 saturated carbocycles. The topological polar surface area (TPSA) is 88.2 Å². The number of nitrogen functional groups attached to an aromatic ring is 1. The van der Waals surface area contributed by atoms with Gasteiger partial charge in [0.05, 0.1) is 20.9 Å². The van der Waals surface area contributed by atoms with Crippen LogP contribution in [0.25, 0.3) is 0 Å². The van der Waals surface area contributed by atoms with Crippen molar-refractivity contribution in [1.29, 1.82) is 0 Å². The minimum absolute atomic E-state index is 0.0629. The molecule has 0 radical (unpaired) electrons. The molecular weight excluding hydrogens is 370 g/mol. The molecule has 3 aromatic rings. The lowest BCUT2D eigenvalue weighted by Gasteiger charge is -2.10. The Morgan fingerprint density at radius 1 is 1.25 bits per heavy atom. The number of thiazole rings is 1. The van der Waals surface area contributed by atoms with E-state index >= 15 is 0 Å². The Balaban J connectivity index is 1.54. The highest BCUT2D eigenvalue weighted by Crippen LogP contribution is 2.20. The molecule has 2 aromatic carbocycles. The van der Waals surface area contributed by atoms with Gasteiger partial charge in [-0.15, -0.1) is 11.3 Å². The van der Waals surface area contributed by atoms with Crippen LogP contribution in [0, 0.1) is 0 Å². The lowest BCUT2D eigenvalue weighted by Crippen LogP contribution is -2.14. The van der Waals surface area contributed by atoms with Crippen molar-refractivity contribution in [3.63, 3.8) is 0 Å². The van der Waals surface area contributed by atoms with Crippen molar-refractivity contribution < 1.29 is 15.4 Å². The minimum Gasteiger partial charge on any atom is -0.388 e. The Morgan fingerprint density at radius 2 is 2.00 bits per heavy atom. The summed E-state index contributed by atoms with van der Waals surface area (Å²) in [5, 5.41) is 13.5. The van der Waals surface area contributed by atoms with E-state index in [1.54, 1.807) is 48.5 Å². The maximum atomic E-state index is 12.2. The summed E-state index contributed by atoms with van der Waals surface area (Å²) in [5.74, 6) is -0.338. The molecule has 0 fully saturated rings. The van der Waals surface area contributed by atoms with E-state index in [1.807, 2.05) is 6.07 Å². The number of hydrogen-bond donors (Lipinski definition) is 3. The molecule has 0 aliphatic rings. The van der Waals surface area contributed by atoms with Crippen LogP contribution in [-0.2, 0) is 17.6 Å². The first kappa shape index (κ1) is 15.2. The zero-order valence-electron chi connectivity index (χ0n) is 19.3. The molecule has 28 heavy (non-hydrogen) atoms. The maximum Gasteiger partial charge on any atom is 0.230 e. The van der Waals surface area contributed by atoms with E-state index in [1.165, 1.54) is 0 Å². The van der Waals surface area contributed by atoms with Crippen LogP contribution in [0.1, 0.15) is 47.6 Å². The van der Waals surface area contributed by atoms with Crippen molar-refractivity contribution in [2.75, 3.05) is 11.1 Å². The molecule has 4 N–H and O–H groups in total. The monoisotopic (exact) mass is 399 g/mol. The molecular formula is C22H25N3O2S. The molecule has 3 rings (SSSR count). The van der Waals surface area contributed by atoms with E-state index in [0.29, 0.717) is 28.9 Å². The number of benzene rings is 2. The summed E-state index contributed by atoms with van der Waals surface area (Å²) >= 11 is 1.01. The summed E-state index contributed by atoms with van der Waals surface area (Å²) in [4.78, 5) is 16.2. The Kier molecular flexibility index (Phi) is 5.45. The highest BCUT2D eigenvalue weighted by atomic mass is 32.1. The second kappa shape index (κ2) is 10.0. The van der Waals surface area contributed by atoms with E-state index < -0.39 is 12.5 Å². The van der Waals surface area contributed by atoms with Gasteiger partial charge in [0.1, 0.15) is 0 Å². The van der Waals surface area contributed by atoms with Crippen molar-refractivity contribution in [3.8, 4) is 0 Å². The summed E-state index contributed by atoms with van der Waals surface area (Å²) in [5.41, 5.74) is 7.31. The number of anilines is 2. The zero-order valence-corrected chi connectivity index (χ0v) is 16.1. The smallest absolute Gasteiger partial charge is 0.230 e. The third-order valence-corrected chi connectivity index (χ3v) is 4.68. The number of hydrogen-bond acceptors (Lipinski definition) is 5. The van der Waals surface area contributed by atoms with Crippen LogP contribution in [0.15, 0.2) is 60.0 Å². The molecule has 1 aromatic heterocycles. The summed E-state index contributed by atoms with van der Waals surface area (Å²) in [6.07, 6.45) is -2.88. The molecule has 6 heteroatoms. The summed E-state index contributed by atoms with van der Waals surface area (Å²) < 4.78 is 32.6. The summed E-state index contributed by atoms with van der Waals surface area (Å²) in [7, 11) is 0. The van der Waals surface area contributed by atoms with Gasteiger partial charge in [-0.25, -0.2) is 4.98 Å². The number of carbonyl (C=O) groups is 1. The van der Waals surface area contributed by atoms with E-state index in [0.717, 1.165) is 11.3 Å². The fraction of sp³-hybridized carbons (Fsp3) is 0.273. The zero-order chi connectivity index (χ0) is 23.4. The van der Waals surface area contributed by atoms with Gasteiger partial charge in [-0.3, -0.25) is 4.79 Å². The molecule has 5 nitrogen and oxygen atoms in total. The molecule has 0 aliphatic carbocycles. The first-order chi connectivity index (χ1) is 15.1. The average molecular weight is 400 g/mol. The quantitative estimate of drug-likeness (QED) is 0.499. The SMILES string of the molecule is [2H]c1sc(N)nc1CC(=O)Nc1ccc(C([2H])([2H])CCC[C@]([2H])(O)c2ccccc2)cc1. The van der Waals surface area contributed by atoms with Crippen LogP contribution in [0.3, 0.4) is 0 Å². The molecule has 1 heterocycles. The van der Waals surface area contributed by atoms with Crippen LogP contribution in [0.2, 0.25) is 0 Å². The van der Waals surface area contributed by atoms with Gasteiger partial charge in [-0.1, -0.05) is 48.9 Å². The van der Waals surface area contributed by atoms with Crippen molar-refractivity contribution in [2.24, 2.45) is 0 Å². The number of aliphatic hydroxyl groups is 1. The lowest BCUT2D eigenvalue weighted by molar-refractivity contribution is -0.115. The number of aryl methyl sites for hydroxylation is 1. The second-order valence-electron chi connectivity index (χ2n) is 6.25. The van der Waals surface area contributed by atoms with Gasteiger partial charge in [0.15, 0.2) is 5.13 Å². The Hall–Kier alpha value is -2.70. The second-order valence-corrected chi connectivity index (χ2v) is 7.07. The van der Waals surface area contributed by atoms with E-state index in [-0.39, 0.29) is 35.7 Å². The Bertz CT molecular complexity index is 1060. The van der Waals surface area contributed by atoms with Gasteiger partial charge in [0.2, 0.25) is 5.91 Å². The Labute approximate surface area is 174 Å². The standard InChI is InChI=1S/C22H25N3O2S/c23-22-25-19(15-28-22)14-21(27)24-18-12-10-16(11-13-18)6-4-5-9-20(26)17-7-2-1-3-8-17/h1-3,7-8,10-13,15,20,26H,4-6,9,14H2,(H2,23,25)(H,24,27)/t20-/m0/s1/i6D2,15D,20D. The number of nitrogens with zero attached hydrogens (tertiary/aromatic N) is 1. The van der Waals surface area contributed by atoms with Gasteiger partial charge in [0, 0.05) is 13.8 Å². The first-order valence-electron chi connectivity index (χ1n) is 11.0. The third-order valence-electron chi connectivity index (χ3n) is 4.04. The van der Waals surface area contributed by atoms with Crippen LogP contribution >= 0.6 is 11.3 Å². The van der Waals surface area contributed by atoms with Crippen LogP contribution in [0.4, 0.5) is 10.8 Å². The van der Waals surface area contributed by atoms with E-state index in [2.05, 4.69) is 10.3 Å². The minimum atomic E-state index is -1.76. The fourth-order valence-electron chi connectivity index (χ4n) is 2.66. The number of nitrogens with two attached hydrogens (primary N) is 1. The lowest BCUT2D eigenvalue weighted by atomic mass is 10.0. The van der Waals surface area contributed by atoms with Crippen molar-refractivity contribution in [2.45, 2.75) is 38.1 Å². The predicted molar refractivity (Wildman–Crippen MR) is 114 cm³/mol. The molecule has 0 saturated heterocycles. The first-order valence-corrected chi connectivity index (χ1v) is 9.78. The van der Waals surface area contributed by atoms with Crippen LogP contribution in [-0.4, -0.2) is 16.0 Å². The number of aromatic nitrogens is 1. The van der Waals surface area contributed by atoms with Gasteiger partial charge in [-0.2, -0.15) is 0 Å². The highest BCUT2D eigenvalue weighted by molar-refractivity contribution is 7.13. The van der Waals surface area contributed by atoms with E-state index in [4.69, 9.17) is 11.2 Å². The number of nitrogens with one attached hydrogen (secondary N) is 1. The normalized spacial score (nSPS) is 15.6. The van der Waals surface area contributed by atoms with Crippen LogP contribution in [0.5, 0.6) is 0 Å². The van der Waals surface area contributed by atoms with Crippen LogP contribution < -0.4 is 11.1 Å². The molecule has 1 amide bonds. The average Bonchev–Trinajstić information content (AvgIpc) is 3.05. The Morgan fingerprint density at radius 3 is 2.68 bits per heavy atom. The van der Waals surface area contributed by atoms with Crippen molar-refractivity contribution in [1.82, 2.24) is 4.98 Å². The molecule has 1 atom stereocenters. The highest BCUT2D eigenvalue weighted by Gasteiger charge is 2.08. The van der Waals surface area contributed by atoms with Gasteiger partial charge in [0.25, 0.3) is 0 Å².